The van der Waals surface area contributed by atoms with Crippen LogP contribution >= 0.6 is 23.4 Å². The zero-order valence-electron chi connectivity index (χ0n) is 16.0. The van der Waals surface area contributed by atoms with E-state index in [4.69, 9.17) is 16.3 Å². The summed E-state index contributed by atoms with van der Waals surface area (Å²) in [5, 5.41) is 10.2. The van der Waals surface area contributed by atoms with Crippen LogP contribution in [-0.2, 0) is 9.53 Å². The molecule has 1 unspecified atom stereocenters. The molecule has 0 radical (unpaired) electrons. The molecule has 0 spiro atoms. The SMILES string of the molecule is CC(Sc1nnc(-c2ccccc2Cl)n1C1CCCC1)C(=O)N1CCOCC1. The van der Waals surface area contributed by atoms with E-state index in [2.05, 4.69) is 14.8 Å². The van der Waals surface area contributed by atoms with Crippen molar-refractivity contribution < 1.29 is 9.53 Å². The number of ether oxygens (including phenoxy) is 1. The molecule has 1 saturated heterocycles. The van der Waals surface area contributed by atoms with E-state index in [0.29, 0.717) is 37.4 Å². The minimum atomic E-state index is -0.221. The van der Waals surface area contributed by atoms with Crippen LogP contribution in [0.3, 0.4) is 0 Å². The van der Waals surface area contributed by atoms with Gasteiger partial charge in [0.15, 0.2) is 11.0 Å². The van der Waals surface area contributed by atoms with Gasteiger partial charge in [0.1, 0.15) is 0 Å². The maximum absolute atomic E-state index is 12.8. The van der Waals surface area contributed by atoms with Crippen LogP contribution in [0.5, 0.6) is 0 Å². The Morgan fingerprint density at radius 2 is 1.93 bits per heavy atom. The maximum atomic E-state index is 12.8. The number of morpholine rings is 1. The average Bonchev–Trinajstić information content (AvgIpc) is 3.38. The van der Waals surface area contributed by atoms with Gasteiger partial charge in [0.2, 0.25) is 5.91 Å². The number of thioether (sulfide) groups is 1. The molecule has 2 heterocycles. The second-order valence-electron chi connectivity index (χ2n) is 7.29. The number of aromatic nitrogens is 3. The second kappa shape index (κ2) is 8.84. The van der Waals surface area contributed by atoms with Gasteiger partial charge in [-0.1, -0.05) is 48.3 Å². The summed E-state index contributed by atoms with van der Waals surface area (Å²) in [5.41, 5.74) is 0.891. The van der Waals surface area contributed by atoms with E-state index < -0.39 is 0 Å². The van der Waals surface area contributed by atoms with Gasteiger partial charge in [-0.2, -0.15) is 0 Å². The zero-order chi connectivity index (χ0) is 19.5. The molecule has 8 heteroatoms. The van der Waals surface area contributed by atoms with Crippen LogP contribution in [0.4, 0.5) is 0 Å². The smallest absolute Gasteiger partial charge is 0.236 e. The number of halogens is 1. The van der Waals surface area contributed by atoms with Gasteiger partial charge >= 0.3 is 0 Å². The largest absolute Gasteiger partial charge is 0.378 e. The molecule has 1 aliphatic carbocycles. The van der Waals surface area contributed by atoms with Crippen molar-refractivity contribution in [2.75, 3.05) is 26.3 Å². The fraction of sp³-hybridized carbons (Fsp3) is 0.550. The van der Waals surface area contributed by atoms with Crippen LogP contribution in [0, 0.1) is 0 Å². The maximum Gasteiger partial charge on any atom is 0.236 e. The molecule has 1 atom stereocenters. The highest BCUT2D eigenvalue weighted by Gasteiger charge is 2.29. The molecule has 2 fully saturated rings. The number of rotatable bonds is 5. The Bertz CT molecular complexity index is 831. The van der Waals surface area contributed by atoms with Crippen LogP contribution < -0.4 is 0 Å². The van der Waals surface area contributed by atoms with E-state index in [9.17, 15) is 4.79 Å². The Morgan fingerprint density at radius 1 is 1.21 bits per heavy atom. The number of nitrogens with zero attached hydrogens (tertiary/aromatic N) is 4. The monoisotopic (exact) mass is 420 g/mol. The number of hydrogen-bond donors (Lipinski definition) is 0. The molecule has 28 heavy (non-hydrogen) atoms. The summed E-state index contributed by atoms with van der Waals surface area (Å²) >= 11 is 7.94. The quantitative estimate of drug-likeness (QED) is 0.683. The van der Waals surface area contributed by atoms with Crippen LogP contribution in [0.2, 0.25) is 5.02 Å². The summed E-state index contributed by atoms with van der Waals surface area (Å²) in [4.78, 5) is 14.7. The third-order valence-corrected chi connectivity index (χ3v) is 6.80. The predicted molar refractivity (Wildman–Crippen MR) is 111 cm³/mol. The number of amides is 1. The van der Waals surface area contributed by atoms with Crippen molar-refractivity contribution in [3.8, 4) is 11.4 Å². The van der Waals surface area contributed by atoms with Gasteiger partial charge in [-0.3, -0.25) is 9.36 Å². The summed E-state index contributed by atoms with van der Waals surface area (Å²) in [5.74, 6) is 0.930. The van der Waals surface area contributed by atoms with Crippen LogP contribution in [0.25, 0.3) is 11.4 Å². The molecular weight excluding hydrogens is 396 g/mol. The van der Waals surface area contributed by atoms with E-state index in [1.807, 2.05) is 36.1 Å². The first kappa shape index (κ1) is 19.7. The lowest BCUT2D eigenvalue weighted by atomic mass is 10.2. The molecule has 1 saturated carbocycles. The summed E-state index contributed by atoms with van der Waals surface area (Å²) in [6.45, 7) is 4.48. The van der Waals surface area contributed by atoms with E-state index in [1.54, 1.807) is 0 Å². The van der Waals surface area contributed by atoms with Gasteiger partial charge in [0.05, 0.1) is 23.5 Å². The molecule has 1 aliphatic heterocycles. The molecule has 1 amide bonds. The lowest BCUT2D eigenvalue weighted by Crippen LogP contribution is -2.44. The molecule has 1 aromatic heterocycles. The highest BCUT2D eigenvalue weighted by molar-refractivity contribution is 8.00. The lowest BCUT2D eigenvalue weighted by molar-refractivity contribution is -0.134. The third kappa shape index (κ3) is 4.07. The number of carbonyl (C=O) groups is 1. The van der Waals surface area contributed by atoms with Crippen molar-refractivity contribution in [2.24, 2.45) is 0 Å². The van der Waals surface area contributed by atoms with Crippen molar-refractivity contribution in [1.82, 2.24) is 19.7 Å². The van der Waals surface area contributed by atoms with E-state index in [0.717, 1.165) is 29.4 Å². The minimum absolute atomic E-state index is 0.133. The second-order valence-corrected chi connectivity index (χ2v) is 9.01. The Morgan fingerprint density at radius 3 is 2.64 bits per heavy atom. The van der Waals surface area contributed by atoms with Gasteiger partial charge in [0, 0.05) is 24.7 Å². The average molecular weight is 421 g/mol. The molecule has 1 aromatic carbocycles. The molecule has 0 bridgehead atoms. The fourth-order valence-electron chi connectivity index (χ4n) is 3.92. The number of benzene rings is 1. The van der Waals surface area contributed by atoms with Crippen molar-refractivity contribution in [2.45, 2.75) is 49.1 Å². The first-order chi connectivity index (χ1) is 13.6. The fourth-order valence-corrected chi connectivity index (χ4v) is 5.15. The summed E-state index contributed by atoms with van der Waals surface area (Å²) in [6, 6.07) is 8.10. The van der Waals surface area contributed by atoms with Crippen molar-refractivity contribution in [1.29, 1.82) is 0 Å². The molecule has 150 valence electrons. The van der Waals surface area contributed by atoms with Crippen LogP contribution in [0.1, 0.15) is 38.6 Å². The van der Waals surface area contributed by atoms with Gasteiger partial charge in [-0.05, 0) is 31.9 Å². The summed E-state index contributed by atoms with van der Waals surface area (Å²) < 4.78 is 7.57. The van der Waals surface area contributed by atoms with Crippen molar-refractivity contribution >= 4 is 29.3 Å². The normalized spacial score (nSPS) is 19.1. The predicted octanol–water partition coefficient (Wildman–Crippen LogP) is 4.05. The van der Waals surface area contributed by atoms with Gasteiger partial charge in [-0.25, -0.2) is 0 Å². The topological polar surface area (TPSA) is 60.2 Å². The van der Waals surface area contributed by atoms with Crippen LogP contribution in [0.15, 0.2) is 29.4 Å². The molecular formula is C20H25ClN4O2S. The standard InChI is InChI=1S/C20H25ClN4O2S/c1-14(19(26)24-10-12-27-13-11-24)28-20-23-22-18(16-8-4-5-9-17(16)21)25(20)15-6-2-3-7-15/h4-5,8-9,14-15H,2-3,6-7,10-13H2,1H3. The number of hydrogen-bond acceptors (Lipinski definition) is 5. The first-order valence-electron chi connectivity index (χ1n) is 9.88. The Balaban J connectivity index is 1.61. The van der Waals surface area contributed by atoms with Gasteiger partial charge in [0.25, 0.3) is 0 Å². The molecule has 2 aromatic rings. The molecule has 6 nitrogen and oxygen atoms in total. The highest BCUT2D eigenvalue weighted by Crippen LogP contribution is 2.39. The van der Waals surface area contributed by atoms with E-state index in [1.165, 1.54) is 24.6 Å². The third-order valence-electron chi connectivity index (χ3n) is 5.42. The highest BCUT2D eigenvalue weighted by atomic mass is 35.5. The van der Waals surface area contributed by atoms with Crippen molar-refractivity contribution in [3.05, 3.63) is 29.3 Å². The zero-order valence-corrected chi connectivity index (χ0v) is 17.6. The number of carbonyl (C=O) groups excluding carboxylic acids is 1. The Kier molecular flexibility index (Phi) is 6.23. The Labute approximate surface area is 174 Å². The molecule has 0 N–H and O–H groups in total. The van der Waals surface area contributed by atoms with E-state index in [-0.39, 0.29) is 11.2 Å². The van der Waals surface area contributed by atoms with Crippen molar-refractivity contribution in [3.63, 3.8) is 0 Å². The Hall–Kier alpha value is -1.57. The summed E-state index contributed by atoms with van der Waals surface area (Å²) in [7, 11) is 0. The molecule has 2 aliphatic rings. The van der Waals surface area contributed by atoms with Crippen LogP contribution in [-0.4, -0.2) is 57.1 Å². The van der Waals surface area contributed by atoms with Gasteiger partial charge in [-0.15, -0.1) is 10.2 Å². The summed E-state index contributed by atoms with van der Waals surface area (Å²) in [6.07, 6.45) is 4.62. The lowest BCUT2D eigenvalue weighted by Gasteiger charge is -2.29. The van der Waals surface area contributed by atoms with E-state index >= 15 is 0 Å². The molecule has 4 rings (SSSR count). The first-order valence-corrected chi connectivity index (χ1v) is 11.1. The van der Waals surface area contributed by atoms with Gasteiger partial charge < -0.3 is 9.64 Å². The minimum Gasteiger partial charge on any atom is -0.378 e.